The van der Waals surface area contributed by atoms with Gasteiger partial charge in [-0.15, -0.1) is 0 Å². The Labute approximate surface area is 168 Å². The van der Waals surface area contributed by atoms with Crippen molar-refractivity contribution in [3.63, 3.8) is 0 Å². The van der Waals surface area contributed by atoms with E-state index in [0.29, 0.717) is 31.6 Å². The zero-order valence-electron chi connectivity index (χ0n) is 16.5. The fourth-order valence-electron chi connectivity index (χ4n) is 2.98. The van der Waals surface area contributed by atoms with Crippen molar-refractivity contribution in [3.05, 3.63) is 61.0 Å². The van der Waals surface area contributed by atoms with Gasteiger partial charge in [0.2, 0.25) is 0 Å². The third kappa shape index (κ3) is 6.04. The zero-order chi connectivity index (χ0) is 21.6. The van der Waals surface area contributed by atoms with Gasteiger partial charge in [0.25, 0.3) is 11.8 Å². The summed E-state index contributed by atoms with van der Waals surface area (Å²) in [5, 5.41) is 0. The van der Waals surface area contributed by atoms with E-state index < -0.39 is 17.7 Å². The Morgan fingerprint density at radius 1 is 1.34 bits per heavy atom. The first-order valence-electron chi connectivity index (χ1n) is 9.17. The molecule has 1 aliphatic rings. The highest BCUT2D eigenvalue weighted by molar-refractivity contribution is 6.00. The van der Waals surface area contributed by atoms with Crippen molar-refractivity contribution in [3.8, 4) is 5.75 Å². The lowest BCUT2D eigenvalue weighted by atomic mass is 9.90. The largest absolute Gasteiger partial charge is 0.454 e. The molecule has 0 N–H and O–H groups in total. The number of rotatable bonds is 7. The summed E-state index contributed by atoms with van der Waals surface area (Å²) in [6.07, 6.45) is 5.66. The molecule has 0 radical (unpaired) electrons. The number of aromatic nitrogens is 1. The van der Waals surface area contributed by atoms with Crippen LogP contribution in [-0.4, -0.2) is 34.6 Å². The van der Waals surface area contributed by atoms with Crippen LogP contribution in [-0.2, 0) is 10.7 Å². The van der Waals surface area contributed by atoms with Crippen LogP contribution in [0.5, 0.6) is 5.75 Å². The minimum absolute atomic E-state index is 0.0529. The van der Waals surface area contributed by atoms with Crippen molar-refractivity contribution in [2.75, 3.05) is 13.1 Å². The van der Waals surface area contributed by atoms with E-state index in [1.165, 1.54) is 23.2 Å². The topological polar surface area (TPSA) is 54.8 Å². The average molecular weight is 407 g/mol. The molecule has 1 aromatic heterocycles. The van der Waals surface area contributed by atoms with E-state index >= 15 is 0 Å². The Morgan fingerprint density at radius 3 is 2.48 bits per heavy atom. The molecule has 0 bridgehead atoms. The standard InChI is InChI=1S/C21H24F3N3O2/c1-5-10-25-19(16-8-11-27(12-9-16)20(28)14(2)22)15(3)29-17-6-7-18(26-13-17)21(4,23)24/h5-7,10,13,16H,2-3,8-9,11-12H2,1,4H3/b10-5-,25-19?. The van der Waals surface area contributed by atoms with E-state index in [0.717, 1.165) is 6.92 Å². The van der Waals surface area contributed by atoms with Gasteiger partial charge in [-0.3, -0.25) is 14.8 Å². The number of pyridine rings is 1. The average Bonchev–Trinajstić information content (AvgIpc) is 2.68. The van der Waals surface area contributed by atoms with E-state index in [1.807, 2.05) is 6.92 Å². The number of alkyl halides is 2. The van der Waals surface area contributed by atoms with Crippen LogP contribution in [0.2, 0.25) is 0 Å². The van der Waals surface area contributed by atoms with Crippen LogP contribution >= 0.6 is 0 Å². The number of ether oxygens (including phenoxy) is 1. The molecule has 29 heavy (non-hydrogen) atoms. The second kappa shape index (κ2) is 9.54. The summed E-state index contributed by atoms with van der Waals surface area (Å²) in [7, 11) is 0. The molecule has 1 aromatic rings. The van der Waals surface area contributed by atoms with Crippen LogP contribution in [0.1, 0.15) is 32.4 Å². The summed E-state index contributed by atoms with van der Waals surface area (Å²) in [4.78, 5) is 21.3. The van der Waals surface area contributed by atoms with Crippen molar-refractivity contribution in [2.24, 2.45) is 10.9 Å². The molecule has 8 heteroatoms. The number of aliphatic imine (C=N–C) groups is 1. The molecule has 1 fully saturated rings. The van der Waals surface area contributed by atoms with E-state index in [2.05, 4.69) is 23.1 Å². The van der Waals surface area contributed by atoms with Crippen LogP contribution in [0.4, 0.5) is 13.2 Å². The maximum Gasteiger partial charge on any atom is 0.286 e. The van der Waals surface area contributed by atoms with Crippen LogP contribution in [0.15, 0.2) is 60.3 Å². The number of carbonyl (C=O) groups excluding carboxylic acids is 1. The molecule has 1 saturated heterocycles. The van der Waals surface area contributed by atoms with Crippen molar-refractivity contribution >= 4 is 11.6 Å². The monoisotopic (exact) mass is 407 g/mol. The zero-order valence-corrected chi connectivity index (χ0v) is 16.5. The second-order valence-corrected chi connectivity index (χ2v) is 6.76. The third-order valence-corrected chi connectivity index (χ3v) is 4.48. The fourth-order valence-corrected chi connectivity index (χ4v) is 2.98. The van der Waals surface area contributed by atoms with Crippen molar-refractivity contribution < 1.29 is 22.7 Å². The fraction of sp³-hybridized carbons (Fsp3) is 0.381. The highest BCUT2D eigenvalue weighted by Gasteiger charge is 2.29. The summed E-state index contributed by atoms with van der Waals surface area (Å²) >= 11 is 0. The molecule has 156 valence electrons. The summed E-state index contributed by atoms with van der Waals surface area (Å²) < 4.78 is 45.3. The molecule has 2 heterocycles. The van der Waals surface area contributed by atoms with Gasteiger partial charge in [0.1, 0.15) is 17.2 Å². The van der Waals surface area contributed by atoms with Gasteiger partial charge in [-0.1, -0.05) is 19.2 Å². The van der Waals surface area contributed by atoms with Gasteiger partial charge >= 0.3 is 0 Å². The predicted octanol–water partition coefficient (Wildman–Crippen LogP) is 4.78. The molecule has 5 nitrogen and oxygen atoms in total. The molecule has 0 aromatic carbocycles. The maximum absolute atomic E-state index is 13.3. The number of allylic oxidation sites excluding steroid dienone is 2. The van der Waals surface area contributed by atoms with Crippen LogP contribution in [0.25, 0.3) is 0 Å². The maximum atomic E-state index is 13.3. The molecule has 0 aliphatic carbocycles. The predicted molar refractivity (Wildman–Crippen MR) is 105 cm³/mol. The van der Waals surface area contributed by atoms with Gasteiger partial charge in [-0.05, 0) is 31.9 Å². The minimum Gasteiger partial charge on any atom is -0.454 e. The first kappa shape index (κ1) is 22.4. The Hall–Kier alpha value is -2.90. The number of hydrogen-bond donors (Lipinski definition) is 0. The molecule has 0 saturated carbocycles. The quantitative estimate of drug-likeness (QED) is 0.371. The smallest absolute Gasteiger partial charge is 0.286 e. The van der Waals surface area contributed by atoms with Gasteiger partial charge in [0.05, 0.1) is 11.9 Å². The molecule has 0 unspecified atom stereocenters. The number of carbonyl (C=O) groups is 1. The Morgan fingerprint density at radius 2 is 2.00 bits per heavy atom. The summed E-state index contributed by atoms with van der Waals surface area (Å²) in [6, 6.07) is 2.59. The SMILES string of the molecule is C=C(F)C(=O)N1CCC(C(=N/C=C\C)C(=C)Oc2ccc(C(C)(F)F)nc2)CC1. The molecular formula is C21H24F3N3O2. The highest BCUT2D eigenvalue weighted by atomic mass is 19.3. The van der Waals surface area contributed by atoms with E-state index in [4.69, 9.17) is 4.74 Å². The summed E-state index contributed by atoms with van der Waals surface area (Å²) in [5.41, 5.74) is 0.226. The number of likely N-dealkylation sites (tertiary alicyclic amines) is 1. The molecular weight excluding hydrogens is 383 g/mol. The Kier molecular flexibility index (Phi) is 7.36. The van der Waals surface area contributed by atoms with E-state index in [1.54, 1.807) is 12.3 Å². The van der Waals surface area contributed by atoms with Gasteiger partial charge in [0.15, 0.2) is 5.83 Å². The molecule has 1 aliphatic heterocycles. The first-order valence-corrected chi connectivity index (χ1v) is 9.17. The van der Waals surface area contributed by atoms with Gasteiger partial charge in [-0.2, -0.15) is 8.78 Å². The summed E-state index contributed by atoms with van der Waals surface area (Å²) in [6.45, 7) is 10.3. The molecule has 2 rings (SSSR count). The van der Waals surface area contributed by atoms with Crippen LogP contribution in [0.3, 0.4) is 0 Å². The number of amides is 1. The first-order chi connectivity index (χ1) is 13.6. The lowest BCUT2D eigenvalue weighted by Gasteiger charge is -2.32. The van der Waals surface area contributed by atoms with Gasteiger partial charge in [0, 0.05) is 32.1 Å². The number of halogens is 3. The van der Waals surface area contributed by atoms with Crippen molar-refractivity contribution in [1.29, 1.82) is 0 Å². The number of nitrogens with zero attached hydrogens (tertiary/aromatic N) is 3. The van der Waals surface area contributed by atoms with Crippen molar-refractivity contribution in [1.82, 2.24) is 9.88 Å². The normalized spacial score (nSPS) is 16.2. The Bertz CT molecular complexity index is 819. The van der Waals surface area contributed by atoms with E-state index in [-0.39, 0.29) is 23.1 Å². The Balaban J connectivity index is 2.09. The summed E-state index contributed by atoms with van der Waals surface area (Å²) in [5.74, 6) is -4.25. The minimum atomic E-state index is -3.04. The molecule has 0 spiro atoms. The van der Waals surface area contributed by atoms with E-state index in [9.17, 15) is 18.0 Å². The lowest BCUT2D eigenvalue weighted by molar-refractivity contribution is -0.129. The van der Waals surface area contributed by atoms with Gasteiger partial charge in [-0.25, -0.2) is 4.39 Å². The highest BCUT2D eigenvalue weighted by Crippen LogP contribution is 2.28. The molecule has 1 amide bonds. The van der Waals surface area contributed by atoms with Gasteiger partial charge < -0.3 is 9.64 Å². The lowest BCUT2D eigenvalue weighted by Crippen LogP contribution is -2.40. The van der Waals surface area contributed by atoms with Crippen LogP contribution in [0, 0.1) is 5.92 Å². The molecule has 0 atom stereocenters. The van der Waals surface area contributed by atoms with Crippen molar-refractivity contribution in [2.45, 2.75) is 32.6 Å². The number of piperidine rings is 1. The third-order valence-electron chi connectivity index (χ3n) is 4.48. The second-order valence-electron chi connectivity index (χ2n) is 6.76. The number of hydrogen-bond acceptors (Lipinski definition) is 4. The van der Waals surface area contributed by atoms with Crippen LogP contribution < -0.4 is 4.74 Å².